The van der Waals surface area contributed by atoms with Gasteiger partial charge >= 0.3 is 11.9 Å². The molecule has 8 nitrogen and oxygen atoms in total. The van der Waals surface area contributed by atoms with Crippen LogP contribution in [0.2, 0.25) is 0 Å². The highest BCUT2D eigenvalue weighted by Crippen LogP contribution is 2.37. The molecule has 0 atom stereocenters. The number of anilines is 2. The molecule has 0 bridgehead atoms. The third-order valence-electron chi connectivity index (χ3n) is 5.49. The molecule has 1 aliphatic rings. The number of aryl methyl sites for hydroxylation is 1. The molecule has 1 saturated heterocycles. The largest absolute Gasteiger partial charge is 0.462 e. The van der Waals surface area contributed by atoms with Gasteiger partial charge in [-0.1, -0.05) is 13.3 Å². The molecule has 0 unspecified atom stereocenters. The third-order valence-corrected chi connectivity index (χ3v) is 5.49. The molecule has 0 radical (unpaired) electrons. The van der Waals surface area contributed by atoms with Gasteiger partial charge in [-0.25, -0.2) is 14.5 Å². The van der Waals surface area contributed by atoms with Gasteiger partial charge in [0.25, 0.3) is 0 Å². The molecular weight excluding hydrogens is 404 g/mol. The summed E-state index contributed by atoms with van der Waals surface area (Å²) < 4.78 is 37.5. The number of imidazole rings is 1. The summed E-state index contributed by atoms with van der Waals surface area (Å²) in [6.45, 7) is 6.00. The quantitative estimate of drug-likeness (QED) is 0.570. The second-order valence-electron chi connectivity index (χ2n) is 7.85. The number of nitrogen functional groups attached to an aromatic ring is 1. The number of hydrogen-bond acceptors (Lipinski definition) is 7. The summed E-state index contributed by atoms with van der Waals surface area (Å²) in [7, 11) is 0. The van der Waals surface area contributed by atoms with Gasteiger partial charge in [0.2, 0.25) is 0 Å². The summed E-state index contributed by atoms with van der Waals surface area (Å²) in [5.41, 5.74) is 6.04. The number of nitrogens with zero attached hydrogens (tertiary/aromatic N) is 6. The van der Waals surface area contributed by atoms with Gasteiger partial charge in [0.05, 0.1) is 12.8 Å². The number of pyridine rings is 1. The number of rotatable bonds is 7. The van der Waals surface area contributed by atoms with Gasteiger partial charge in [-0.05, 0) is 44.2 Å². The van der Waals surface area contributed by atoms with Crippen molar-refractivity contribution in [1.82, 2.24) is 24.6 Å². The van der Waals surface area contributed by atoms with Crippen LogP contribution in [-0.4, -0.2) is 44.3 Å². The van der Waals surface area contributed by atoms with Gasteiger partial charge in [0.15, 0.2) is 11.5 Å². The molecule has 1 fully saturated rings. The predicted octanol–water partition coefficient (Wildman–Crippen LogP) is 3.72. The van der Waals surface area contributed by atoms with E-state index in [1.807, 2.05) is 13.8 Å². The first-order valence-corrected chi connectivity index (χ1v) is 10.7. The molecule has 0 amide bonds. The van der Waals surface area contributed by atoms with Crippen LogP contribution in [0.3, 0.4) is 0 Å². The topological polar surface area (TPSA) is 94.5 Å². The SMILES string of the molecule is CCCCOc1nc(N)c2ncc(C(F)(F)c3cnc(N4CCCCC4)c(C)c3)n2n1. The van der Waals surface area contributed by atoms with E-state index in [9.17, 15) is 0 Å². The Labute approximate surface area is 179 Å². The van der Waals surface area contributed by atoms with E-state index in [1.54, 1.807) is 0 Å². The van der Waals surface area contributed by atoms with Crippen molar-refractivity contribution in [1.29, 1.82) is 0 Å². The van der Waals surface area contributed by atoms with Crippen LogP contribution in [0.1, 0.15) is 55.8 Å². The zero-order chi connectivity index (χ0) is 22.0. The van der Waals surface area contributed by atoms with Crippen LogP contribution >= 0.6 is 0 Å². The van der Waals surface area contributed by atoms with Crippen molar-refractivity contribution in [2.24, 2.45) is 0 Å². The van der Waals surface area contributed by atoms with Crippen molar-refractivity contribution in [3.8, 4) is 6.01 Å². The molecular formula is C21H27F2N7O. The molecule has 4 rings (SSSR count). The van der Waals surface area contributed by atoms with Crippen molar-refractivity contribution in [2.45, 2.75) is 51.9 Å². The smallest absolute Gasteiger partial charge is 0.336 e. The minimum Gasteiger partial charge on any atom is -0.462 e. The number of unbranched alkanes of at least 4 members (excludes halogenated alkanes) is 1. The Hall–Kier alpha value is -3.04. The first-order valence-electron chi connectivity index (χ1n) is 10.7. The van der Waals surface area contributed by atoms with Crippen LogP contribution in [0.5, 0.6) is 6.01 Å². The van der Waals surface area contributed by atoms with E-state index >= 15 is 8.78 Å². The fourth-order valence-electron chi connectivity index (χ4n) is 3.79. The Balaban J connectivity index is 1.68. The number of fused-ring (bicyclic) bond motifs is 1. The Morgan fingerprint density at radius 1 is 1.16 bits per heavy atom. The number of aromatic nitrogens is 5. The maximum atomic E-state index is 15.5. The van der Waals surface area contributed by atoms with E-state index in [1.165, 1.54) is 18.7 Å². The molecule has 166 valence electrons. The maximum Gasteiger partial charge on any atom is 0.336 e. The normalized spacial score (nSPS) is 14.9. The van der Waals surface area contributed by atoms with Crippen molar-refractivity contribution in [3.05, 3.63) is 35.3 Å². The van der Waals surface area contributed by atoms with Crippen molar-refractivity contribution < 1.29 is 13.5 Å². The fraction of sp³-hybridized carbons (Fsp3) is 0.524. The molecule has 0 spiro atoms. The molecule has 0 aromatic carbocycles. The standard InChI is InChI=1S/C21H27F2N7O/c1-3-4-10-31-20-27-17(24)19-26-13-16(30(19)28-20)21(22,23)15-11-14(2)18(25-12-15)29-8-6-5-7-9-29/h11-13H,3-10H2,1-2H3,(H2,24,27,28). The van der Waals surface area contributed by atoms with Crippen LogP contribution < -0.4 is 15.4 Å². The number of piperidine rings is 1. The van der Waals surface area contributed by atoms with Crippen molar-refractivity contribution >= 4 is 17.3 Å². The van der Waals surface area contributed by atoms with E-state index in [2.05, 4.69) is 25.0 Å². The molecule has 3 aromatic rings. The van der Waals surface area contributed by atoms with E-state index in [4.69, 9.17) is 10.5 Å². The van der Waals surface area contributed by atoms with Crippen molar-refractivity contribution in [3.63, 3.8) is 0 Å². The maximum absolute atomic E-state index is 15.5. The Bertz CT molecular complexity index is 1060. The van der Waals surface area contributed by atoms with E-state index in [-0.39, 0.29) is 23.0 Å². The zero-order valence-electron chi connectivity index (χ0n) is 17.8. The van der Waals surface area contributed by atoms with Gasteiger partial charge in [0.1, 0.15) is 11.5 Å². The van der Waals surface area contributed by atoms with Gasteiger partial charge < -0.3 is 15.4 Å². The average molecular weight is 431 g/mol. The summed E-state index contributed by atoms with van der Waals surface area (Å²) in [5, 5.41) is 4.11. The molecule has 4 heterocycles. The molecule has 0 aliphatic carbocycles. The number of hydrogen-bond donors (Lipinski definition) is 1. The fourth-order valence-corrected chi connectivity index (χ4v) is 3.79. The lowest BCUT2D eigenvalue weighted by Crippen LogP contribution is -2.31. The first kappa shape index (κ1) is 21.2. The van der Waals surface area contributed by atoms with Crippen LogP contribution in [0.4, 0.5) is 20.4 Å². The van der Waals surface area contributed by atoms with E-state index in [0.717, 1.165) is 55.3 Å². The molecule has 10 heteroatoms. The van der Waals surface area contributed by atoms with Gasteiger partial charge in [0, 0.05) is 24.8 Å². The lowest BCUT2D eigenvalue weighted by Gasteiger charge is -2.29. The number of halogens is 2. The first-order chi connectivity index (χ1) is 14.9. The summed E-state index contributed by atoms with van der Waals surface area (Å²) in [6, 6.07) is 1.43. The highest BCUT2D eigenvalue weighted by Gasteiger charge is 2.39. The summed E-state index contributed by atoms with van der Waals surface area (Å²) >= 11 is 0. The highest BCUT2D eigenvalue weighted by atomic mass is 19.3. The minimum absolute atomic E-state index is 0.0155. The number of alkyl halides is 2. The zero-order valence-corrected chi connectivity index (χ0v) is 17.8. The highest BCUT2D eigenvalue weighted by molar-refractivity contribution is 5.60. The van der Waals surface area contributed by atoms with Gasteiger partial charge in [-0.15, -0.1) is 5.10 Å². The van der Waals surface area contributed by atoms with Crippen LogP contribution in [0, 0.1) is 6.92 Å². The predicted molar refractivity (Wildman–Crippen MR) is 114 cm³/mol. The molecule has 1 aliphatic heterocycles. The molecule has 3 aromatic heterocycles. The van der Waals surface area contributed by atoms with Crippen molar-refractivity contribution in [2.75, 3.05) is 30.3 Å². The summed E-state index contributed by atoms with van der Waals surface area (Å²) in [4.78, 5) is 14.6. The second-order valence-corrected chi connectivity index (χ2v) is 7.85. The molecule has 31 heavy (non-hydrogen) atoms. The average Bonchev–Trinajstić information content (AvgIpc) is 3.20. The second kappa shape index (κ2) is 8.60. The Morgan fingerprint density at radius 2 is 1.94 bits per heavy atom. The minimum atomic E-state index is -3.38. The van der Waals surface area contributed by atoms with Crippen LogP contribution in [-0.2, 0) is 5.92 Å². The Kier molecular flexibility index (Phi) is 5.88. The summed E-state index contributed by atoms with van der Waals surface area (Å²) in [6.07, 6.45) is 7.39. The van der Waals surface area contributed by atoms with Crippen LogP contribution in [0.25, 0.3) is 5.65 Å². The monoisotopic (exact) mass is 431 g/mol. The lowest BCUT2D eigenvalue weighted by molar-refractivity contribution is 0.0354. The van der Waals surface area contributed by atoms with E-state index < -0.39 is 11.6 Å². The van der Waals surface area contributed by atoms with Gasteiger partial charge in [-0.3, -0.25) is 0 Å². The third kappa shape index (κ3) is 4.11. The van der Waals surface area contributed by atoms with Crippen LogP contribution in [0.15, 0.2) is 18.5 Å². The van der Waals surface area contributed by atoms with E-state index in [0.29, 0.717) is 12.2 Å². The summed E-state index contributed by atoms with van der Waals surface area (Å²) in [5.74, 6) is -2.63. The Morgan fingerprint density at radius 3 is 2.65 bits per heavy atom. The number of ether oxygens (including phenoxy) is 1. The lowest BCUT2D eigenvalue weighted by atomic mass is 10.0. The number of nitrogens with two attached hydrogens (primary N) is 1. The molecule has 2 N–H and O–H groups in total. The van der Waals surface area contributed by atoms with Gasteiger partial charge in [-0.2, -0.15) is 13.8 Å². The molecule has 0 saturated carbocycles.